The van der Waals surface area contributed by atoms with Crippen molar-refractivity contribution in [1.29, 1.82) is 0 Å². The topological polar surface area (TPSA) is 114 Å². The number of nitrogens with one attached hydrogen (secondary N) is 2. The number of nitrogens with zero attached hydrogens (tertiary/aromatic N) is 1. The van der Waals surface area contributed by atoms with Gasteiger partial charge < -0.3 is 20.1 Å². The summed E-state index contributed by atoms with van der Waals surface area (Å²) in [5.74, 6) is 0.248. The number of sulfonamides is 1. The minimum absolute atomic E-state index is 0.0777. The van der Waals surface area contributed by atoms with Crippen molar-refractivity contribution in [2.75, 3.05) is 55.0 Å². The zero-order valence-corrected chi connectivity index (χ0v) is 19.9. The van der Waals surface area contributed by atoms with Crippen molar-refractivity contribution in [1.82, 2.24) is 4.31 Å². The number of ether oxygens (including phenoxy) is 2. The van der Waals surface area contributed by atoms with Gasteiger partial charge in [0.25, 0.3) is 0 Å². The van der Waals surface area contributed by atoms with Crippen LogP contribution in [0.5, 0.6) is 5.75 Å². The molecule has 178 valence electrons. The summed E-state index contributed by atoms with van der Waals surface area (Å²) in [6.07, 6.45) is 0. The van der Waals surface area contributed by atoms with E-state index >= 15 is 0 Å². The van der Waals surface area contributed by atoms with Gasteiger partial charge in [-0.15, -0.1) is 11.8 Å². The van der Waals surface area contributed by atoms with Gasteiger partial charge in [-0.25, -0.2) is 8.42 Å². The fourth-order valence-electron chi connectivity index (χ4n) is 3.12. The molecule has 0 radical (unpaired) electrons. The maximum absolute atomic E-state index is 12.6. The third-order valence-electron chi connectivity index (χ3n) is 4.67. The minimum atomic E-state index is -3.58. The van der Waals surface area contributed by atoms with Crippen molar-refractivity contribution < 1.29 is 27.5 Å². The van der Waals surface area contributed by atoms with Gasteiger partial charge in [-0.05, 0) is 43.3 Å². The second-order valence-corrected chi connectivity index (χ2v) is 9.98. The lowest BCUT2D eigenvalue weighted by atomic mass is 10.3. The number of rotatable bonds is 10. The van der Waals surface area contributed by atoms with Crippen LogP contribution >= 0.6 is 11.8 Å². The molecule has 2 aromatic carbocycles. The van der Waals surface area contributed by atoms with Gasteiger partial charge in [-0.3, -0.25) is 9.59 Å². The van der Waals surface area contributed by atoms with E-state index in [1.54, 1.807) is 30.3 Å². The molecule has 2 N–H and O–H groups in total. The largest absolute Gasteiger partial charge is 0.492 e. The van der Waals surface area contributed by atoms with E-state index in [0.29, 0.717) is 50.0 Å². The highest BCUT2D eigenvalue weighted by molar-refractivity contribution is 8.00. The predicted molar refractivity (Wildman–Crippen MR) is 128 cm³/mol. The number of amides is 2. The van der Waals surface area contributed by atoms with Crippen LogP contribution in [0.1, 0.15) is 6.92 Å². The highest BCUT2D eigenvalue weighted by atomic mass is 32.2. The lowest BCUT2D eigenvalue weighted by Crippen LogP contribution is -2.40. The summed E-state index contributed by atoms with van der Waals surface area (Å²) in [7, 11) is -3.58. The average Bonchev–Trinajstić information content (AvgIpc) is 2.81. The number of hydrogen-bond acceptors (Lipinski definition) is 7. The average molecular weight is 494 g/mol. The Balaban J connectivity index is 1.45. The molecule has 0 atom stereocenters. The summed E-state index contributed by atoms with van der Waals surface area (Å²) in [6.45, 7) is 3.75. The van der Waals surface area contributed by atoms with Crippen LogP contribution in [0.3, 0.4) is 0 Å². The highest BCUT2D eigenvalue weighted by Crippen LogP contribution is 2.24. The molecule has 0 spiro atoms. The van der Waals surface area contributed by atoms with Crippen LogP contribution in [0, 0.1) is 0 Å². The van der Waals surface area contributed by atoms with Crippen molar-refractivity contribution in [2.45, 2.75) is 11.8 Å². The van der Waals surface area contributed by atoms with Gasteiger partial charge in [0.1, 0.15) is 5.75 Å². The number of morpholine rings is 1. The lowest BCUT2D eigenvalue weighted by Gasteiger charge is -2.26. The van der Waals surface area contributed by atoms with E-state index in [-0.39, 0.29) is 28.2 Å². The van der Waals surface area contributed by atoms with Crippen LogP contribution in [0.4, 0.5) is 11.4 Å². The summed E-state index contributed by atoms with van der Waals surface area (Å²) in [4.78, 5) is 24.5. The predicted octanol–water partition coefficient (Wildman–Crippen LogP) is 2.42. The number of para-hydroxylation sites is 2. The van der Waals surface area contributed by atoms with E-state index in [1.165, 1.54) is 28.2 Å². The number of hydrogen-bond donors (Lipinski definition) is 2. The van der Waals surface area contributed by atoms with Crippen LogP contribution in [-0.2, 0) is 24.3 Å². The fourth-order valence-corrected chi connectivity index (χ4v) is 5.14. The third kappa shape index (κ3) is 7.19. The maximum atomic E-state index is 12.6. The molecule has 0 bridgehead atoms. The summed E-state index contributed by atoms with van der Waals surface area (Å²) in [5, 5.41) is 5.49. The van der Waals surface area contributed by atoms with Crippen LogP contribution < -0.4 is 15.4 Å². The molecule has 0 unspecified atom stereocenters. The van der Waals surface area contributed by atoms with Gasteiger partial charge in [-0.1, -0.05) is 12.1 Å². The third-order valence-corrected chi connectivity index (χ3v) is 7.52. The monoisotopic (exact) mass is 493 g/mol. The molecule has 11 heteroatoms. The first kappa shape index (κ1) is 25.0. The number of benzene rings is 2. The second-order valence-electron chi connectivity index (χ2n) is 7.06. The van der Waals surface area contributed by atoms with Gasteiger partial charge in [-0.2, -0.15) is 4.31 Å². The van der Waals surface area contributed by atoms with E-state index in [0.717, 1.165) is 0 Å². The van der Waals surface area contributed by atoms with Crippen molar-refractivity contribution >= 4 is 45.0 Å². The first-order valence-corrected chi connectivity index (χ1v) is 13.1. The smallest absolute Gasteiger partial charge is 0.243 e. The zero-order chi connectivity index (χ0) is 23.7. The molecule has 1 aliphatic heterocycles. The molecule has 1 saturated heterocycles. The molecule has 2 aromatic rings. The Bertz CT molecular complexity index is 1050. The van der Waals surface area contributed by atoms with Crippen LogP contribution in [-0.4, -0.2) is 69.0 Å². The van der Waals surface area contributed by atoms with Crippen molar-refractivity contribution in [3.8, 4) is 5.75 Å². The zero-order valence-electron chi connectivity index (χ0n) is 18.3. The second kappa shape index (κ2) is 12.0. The Hall–Kier alpha value is -2.60. The van der Waals surface area contributed by atoms with Gasteiger partial charge in [0.2, 0.25) is 21.8 Å². The molecule has 0 saturated carbocycles. The lowest BCUT2D eigenvalue weighted by molar-refractivity contribution is -0.114. The van der Waals surface area contributed by atoms with Crippen LogP contribution in [0.25, 0.3) is 0 Å². The normalized spacial score (nSPS) is 14.5. The Labute approximate surface area is 197 Å². The SMILES string of the molecule is CCOc1ccccc1NC(=O)CSCC(=O)Nc1ccc(S(=O)(=O)N2CCOCC2)cc1. The molecule has 0 aromatic heterocycles. The molecule has 1 fully saturated rings. The Morgan fingerprint density at radius 2 is 1.64 bits per heavy atom. The van der Waals surface area contributed by atoms with E-state index in [1.807, 2.05) is 13.0 Å². The molecule has 1 aliphatic rings. The Morgan fingerprint density at radius 1 is 1.00 bits per heavy atom. The summed E-state index contributed by atoms with van der Waals surface area (Å²) in [5.41, 5.74) is 1.07. The van der Waals surface area contributed by atoms with Gasteiger partial charge in [0.15, 0.2) is 0 Å². The highest BCUT2D eigenvalue weighted by Gasteiger charge is 2.26. The van der Waals surface area contributed by atoms with Crippen LogP contribution in [0.2, 0.25) is 0 Å². The summed E-state index contributed by atoms with van der Waals surface area (Å²) < 4.78 is 37.4. The van der Waals surface area contributed by atoms with Gasteiger partial charge >= 0.3 is 0 Å². The summed E-state index contributed by atoms with van der Waals surface area (Å²) >= 11 is 1.17. The van der Waals surface area contributed by atoms with Crippen molar-refractivity contribution in [2.24, 2.45) is 0 Å². The summed E-state index contributed by atoms with van der Waals surface area (Å²) in [6, 6.07) is 13.2. The minimum Gasteiger partial charge on any atom is -0.492 e. The van der Waals surface area contributed by atoms with Crippen molar-refractivity contribution in [3.05, 3.63) is 48.5 Å². The molecule has 33 heavy (non-hydrogen) atoms. The van der Waals surface area contributed by atoms with E-state index in [4.69, 9.17) is 9.47 Å². The molecule has 9 nitrogen and oxygen atoms in total. The standard InChI is InChI=1S/C22H27N3O6S2/c1-2-31-20-6-4-3-5-19(20)24-22(27)16-32-15-21(26)23-17-7-9-18(10-8-17)33(28,29)25-11-13-30-14-12-25/h3-10H,2,11-16H2,1H3,(H,23,26)(H,24,27). The number of carbonyl (C=O) groups excluding carboxylic acids is 2. The van der Waals surface area contributed by atoms with Crippen LogP contribution in [0.15, 0.2) is 53.4 Å². The molecule has 3 rings (SSSR count). The van der Waals surface area contributed by atoms with E-state index in [2.05, 4.69) is 10.6 Å². The van der Waals surface area contributed by atoms with E-state index < -0.39 is 10.0 Å². The maximum Gasteiger partial charge on any atom is 0.243 e. The number of thioether (sulfide) groups is 1. The Morgan fingerprint density at radius 3 is 2.30 bits per heavy atom. The van der Waals surface area contributed by atoms with Crippen molar-refractivity contribution in [3.63, 3.8) is 0 Å². The molecule has 0 aliphatic carbocycles. The first-order valence-electron chi connectivity index (χ1n) is 10.5. The quantitative estimate of drug-likeness (QED) is 0.522. The molecule has 2 amide bonds. The molecule has 1 heterocycles. The molecular weight excluding hydrogens is 466 g/mol. The number of carbonyl (C=O) groups is 2. The Kier molecular flexibility index (Phi) is 9.12. The number of anilines is 2. The first-order chi connectivity index (χ1) is 15.9. The van der Waals surface area contributed by atoms with Gasteiger partial charge in [0, 0.05) is 18.8 Å². The molecular formula is C22H27N3O6S2. The van der Waals surface area contributed by atoms with E-state index in [9.17, 15) is 18.0 Å². The fraction of sp³-hybridized carbons (Fsp3) is 0.364. The van der Waals surface area contributed by atoms with Gasteiger partial charge in [0.05, 0.1) is 41.9 Å².